The van der Waals surface area contributed by atoms with Crippen molar-refractivity contribution in [3.63, 3.8) is 0 Å². The van der Waals surface area contributed by atoms with Gasteiger partial charge in [0.05, 0.1) is 27.2 Å². The highest BCUT2D eigenvalue weighted by molar-refractivity contribution is 9.10. The normalized spacial score (nSPS) is 12.4. The topological polar surface area (TPSA) is 56.5 Å². The number of hydrogen-bond donors (Lipinski definition) is 0. The SMILES string of the molecule is CC[C@@H](C)c1nc2ccc(Br)cc2c(=O)n1N=Cc1cc(Cl)c(OCc2ccccc2F)c(Cl)c1. The van der Waals surface area contributed by atoms with Crippen molar-refractivity contribution < 1.29 is 9.13 Å². The van der Waals surface area contributed by atoms with Gasteiger partial charge >= 0.3 is 0 Å². The summed E-state index contributed by atoms with van der Waals surface area (Å²) in [5.74, 6) is 0.435. The van der Waals surface area contributed by atoms with Crippen molar-refractivity contribution in [3.8, 4) is 5.75 Å². The molecule has 0 saturated heterocycles. The summed E-state index contributed by atoms with van der Waals surface area (Å²) in [6.07, 6.45) is 2.28. The first-order valence-corrected chi connectivity index (χ1v) is 12.4. The molecule has 35 heavy (non-hydrogen) atoms. The van der Waals surface area contributed by atoms with Crippen molar-refractivity contribution in [1.82, 2.24) is 9.66 Å². The van der Waals surface area contributed by atoms with Gasteiger partial charge in [0.25, 0.3) is 5.56 Å². The third-order valence-corrected chi connectivity index (χ3v) is 6.61. The minimum absolute atomic E-state index is 0.00855. The van der Waals surface area contributed by atoms with Crippen LogP contribution in [-0.2, 0) is 6.61 Å². The van der Waals surface area contributed by atoms with Crippen molar-refractivity contribution in [1.29, 1.82) is 0 Å². The van der Waals surface area contributed by atoms with Gasteiger partial charge in [-0.1, -0.05) is 71.2 Å². The van der Waals surface area contributed by atoms with Gasteiger partial charge in [-0.15, -0.1) is 0 Å². The summed E-state index contributed by atoms with van der Waals surface area (Å²) < 4.78 is 21.7. The van der Waals surface area contributed by atoms with Crippen LogP contribution in [0.15, 0.2) is 69.0 Å². The molecule has 0 spiro atoms. The van der Waals surface area contributed by atoms with Gasteiger partial charge in [0.1, 0.15) is 18.2 Å². The zero-order chi connectivity index (χ0) is 25.1. The van der Waals surface area contributed by atoms with Crippen molar-refractivity contribution in [2.75, 3.05) is 0 Å². The van der Waals surface area contributed by atoms with Crippen LogP contribution in [0.4, 0.5) is 4.39 Å². The van der Waals surface area contributed by atoms with Gasteiger partial charge in [0.2, 0.25) is 0 Å². The molecule has 4 rings (SSSR count). The van der Waals surface area contributed by atoms with Gasteiger partial charge in [0, 0.05) is 16.0 Å². The highest BCUT2D eigenvalue weighted by atomic mass is 79.9. The second kappa shape index (κ2) is 10.9. The molecule has 1 aromatic heterocycles. The minimum Gasteiger partial charge on any atom is -0.486 e. The Hall–Kier alpha value is -2.74. The van der Waals surface area contributed by atoms with Crippen molar-refractivity contribution in [2.45, 2.75) is 32.8 Å². The Labute approximate surface area is 220 Å². The largest absolute Gasteiger partial charge is 0.486 e. The molecule has 3 aromatic carbocycles. The van der Waals surface area contributed by atoms with Crippen LogP contribution >= 0.6 is 39.1 Å². The summed E-state index contributed by atoms with van der Waals surface area (Å²) >= 11 is 16.2. The van der Waals surface area contributed by atoms with Gasteiger partial charge in [-0.2, -0.15) is 9.78 Å². The molecule has 1 atom stereocenters. The van der Waals surface area contributed by atoms with Crippen LogP contribution in [0, 0.1) is 5.82 Å². The maximum atomic E-state index is 13.9. The lowest BCUT2D eigenvalue weighted by atomic mass is 10.1. The number of benzene rings is 3. The smallest absolute Gasteiger partial charge is 0.282 e. The first kappa shape index (κ1) is 25.4. The third-order valence-electron chi connectivity index (χ3n) is 5.56. The van der Waals surface area contributed by atoms with E-state index in [2.05, 4.69) is 21.0 Å². The first-order chi connectivity index (χ1) is 16.8. The van der Waals surface area contributed by atoms with E-state index in [1.807, 2.05) is 19.9 Å². The fourth-order valence-corrected chi connectivity index (χ4v) is 4.43. The number of rotatable bonds is 7. The number of hydrogen-bond acceptors (Lipinski definition) is 4. The third kappa shape index (κ3) is 5.58. The summed E-state index contributed by atoms with van der Waals surface area (Å²) in [5.41, 5.74) is 1.29. The Kier molecular flexibility index (Phi) is 7.89. The summed E-state index contributed by atoms with van der Waals surface area (Å²) in [6, 6.07) is 14.9. The summed E-state index contributed by atoms with van der Waals surface area (Å²) in [4.78, 5) is 18.0. The van der Waals surface area contributed by atoms with Crippen molar-refractivity contribution in [2.24, 2.45) is 5.10 Å². The van der Waals surface area contributed by atoms with E-state index in [1.54, 1.807) is 42.5 Å². The number of ether oxygens (including phenoxy) is 1. The molecule has 0 amide bonds. The maximum absolute atomic E-state index is 13.9. The Morgan fingerprint density at radius 2 is 1.89 bits per heavy atom. The Morgan fingerprint density at radius 1 is 1.17 bits per heavy atom. The van der Waals surface area contributed by atoms with E-state index in [4.69, 9.17) is 32.9 Å². The predicted octanol–water partition coefficient (Wildman–Crippen LogP) is 7.58. The molecule has 180 valence electrons. The molecule has 4 aromatic rings. The van der Waals surface area contributed by atoms with Crippen molar-refractivity contribution in [3.05, 3.63) is 102 Å². The molecule has 5 nitrogen and oxygen atoms in total. The molecule has 9 heteroatoms. The van der Waals surface area contributed by atoms with E-state index in [0.29, 0.717) is 27.9 Å². The van der Waals surface area contributed by atoms with E-state index in [-0.39, 0.29) is 39.7 Å². The van der Waals surface area contributed by atoms with Crippen molar-refractivity contribution >= 4 is 56.2 Å². The predicted molar refractivity (Wildman–Crippen MR) is 143 cm³/mol. The van der Waals surface area contributed by atoms with Crippen LogP contribution in [0.2, 0.25) is 10.0 Å². The lowest BCUT2D eigenvalue weighted by Crippen LogP contribution is -2.23. The van der Waals surface area contributed by atoms with Gasteiger partial charge in [-0.05, 0) is 48.4 Å². The highest BCUT2D eigenvalue weighted by Gasteiger charge is 2.16. The standard InChI is InChI=1S/C26H21BrCl2FN3O2/c1-3-15(2)25-32-23-9-8-18(27)12-19(23)26(34)33(25)31-13-16-10-20(28)24(21(29)11-16)35-14-17-6-4-5-7-22(17)30/h4-13,15H,3,14H2,1-2H3/t15-/m1/s1. The fraction of sp³-hybridized carbons (Fsp3) is 0.192. The van der Waals surface area contributed by atoms with Crippen LogP contribution in [0.1, 0.15) is 43.1 Å². The number of nitrogens with zero attached hydrogens (tertiary/aromatic N) is 3. The summed E-state index contributed by atoms with van der Waals surface area (Å²) in [6.45, 7) is 4.00. The molecule has 0 bridgehead atoms. The van der Waals surface area contributed by atoms with E-state index in [0.717, 1.165) is 10.9 Å². The van der Waals surface area contributed by atoms with Gasteiger partial charge in [-0.25, -0.2) is 9.37 Å². The van der Waals surface area contributed by atoms with Crippen LogP contribution in [0.3, 0.4) is 0 Å². The average molecular weight is 577 g/mol. The van der Waals surface area contributed by atoms with E-state index < -0.39 is 0 Å². The molecular weight excluding hydrogens is 556 g/mol. The number of fused-ring (bicyclic) bond motifs is 1. The molecule has 0 aliphatic carbocycles. The number of halogens is 4. The molecule has 0 saturated carbocycles. The monoisotopic (exact) mass is 575 g/mol. The first-order valence-electron chi connectivity index (χ1n) is 10.9. The Bertz CT molecular complexity index is 1470. The lowest BCUT2D eigenvalue weighted by molar-refractivity contribution is 0.300. The average Bonchev–Trinajstić information content (AvgIpc) is 2.83. The lowest BCUT2D eigenvalue weighted by Gasteiger charge is -2.14. The summed E-state index contributed by atoms with van der Waals surface area (Å²) in [7, 11) is 0. The van der Waals surface area contributed by atoms with Crippen LogP contribution < -0.4 is 10.3 Å². The maximum Gasteiger partial charge on any atom is 0.282 e. The van der Waals surface area contributed by atoms with Crippen LogP contribution in [0.5, 0.6) is 5.75 Å². The summed E-state index contributed by atoms with van der Waals surface area (Å²) in [5, 5.41) is 5.37. The molecule has 0 aliphatic heterocycles. The minimum atomic E-state index is -0.373. The van der Waals surface area contributed by atoms with Gasteiger partial charge in [-0.3, -0.25) is 4.79 Å². The zero-order valence-corrected chi connectivity index (χ0v) is 22.0. The molecule has 0 N–H and O–H groups in total. The zero-order valence-electron chi connectivity index (χ0n) is 18.9. The fourth-order valence-electron chi connectivity index (χ4n) is 3.46. The van der Waals surface area contributed by atoms with Crippen LogP contribution in [-0.4, -0.2) is 15.9 Å². The van der Waals surface area contributed by atoms with Gasteiger partial charge < -0.3 is 4.74 Å². The highest BCUT2D eigenvalue weighted by Crippen LogP contribution is 2.34. The van der Waals surface area contributed by atoms with E-state index >= 15 is 0 Å². The second-order valence-electron chi connectivity index (χ2n) is 8.00. The molecule has 0 radical (unpaired) electrons. The van der Waals surface area contributed by atoms with E-state index in [1.165, 1.54) is 17.0 Å². The molecule has 0 unspecified atom stereocenters. The van der Waals surface area contributed by atoms with Crippen LogP contribution in [0.25, 0.3) is 10.9 Å². The Morgan fingerprint density at radius 3 is 2.57 bits per heavy atom. The molecule has 1 heterocycles. The molecule has 0 fully saturated rings. The quantitative estimate of drug-likeness (QED) is 0.213. The molecule has 0 aliphatic rings. The number of aromatic nitrogens is 2. The van der Waals surface area contributed by atoms with Gasteiger partial charge in [0.15, 0.2) is 5.75 Å². The van der Waals surface area contributed by atoms with E-state index in [9.17, 15) is 9.18 Å². The Balaban J connectivity index is 1.68. The molecular formula is C26H21BrCl2FN3O2. The second-order valence-corrected chi connectivity index (χ2v) is 9.73.